The van der Waals surface area contributed by atoms with E-state index in [1.165, 1.54) is 24.6 Å². The molecule has 1 saturated heterocycles. The maximum atomic E-state index is 13.1. The monoisotopic (exact) mass is 424 g/mol. The Hall–Kier alpha value is -2.18. The van der Waals surface area contributed by atoms with Gasteiger partial charge in [0.05, 0.1) is 12.8 Å². The molecule has 0 aliphatic carbocycles. The molecule has 0 aromatic heterocycles. The Morgan fingerprint density at radius 1 is 1.14 bits per heavy atom. The summed E-state index contributed by atoms with van der Waals surface area (Å²) in [5.74, 6) is 2.09. The Kier molecular flexibility index (Phi) is 8.86. The van der Waals surface area contributed by atoms with E-state index < -0.39 is 5.82 Å². The molecule has 0 bridgehead atoms. The van der Waals surface area contributed by atoms with Gasteiger partial charge in [-0.1, -0.05) is 25.1 Å². The van der Waals surface area contributed by atoms with Crippen molar-refractivity contribution in [3.63, 3.8) is 0 Å². The fraction of sp³-hybridized carbons (Fsp3) is 0.455. The number of rotatable bonds is 3. The fourth-order valence-electron chi connectivity index (χ4n) is 3.37. The standard InChI is InChI=1S/C13H19NO.C9H10FNO2.ClH/c1-11-7-9-14(10-8-11)12-5-3-4-6-13(12)15-2;10-7-2-1-3-8-9(7)12-5-6(4-11)13-8;/h3-6,11H,7-10H2,1-2H3;1-3,6H,4-5,11H2;1H. The van der Waals surface area contributed by atoms with Gasteiger partial charge in [-0.3, -0.25) is 0 Å². The molecule has 1 unspecified atom stereocenters. The quantitative estimate of drug-likeness (QED) is 0.797. The van der Waals surface area contributed by atoms with Crippen LogP contribution < -0.4 is 24.8 Å². The third kappa shape index (κ3) is 5.90. The first-order valence-electron chi connectivity index (χ1n) is 9.78. The first kappa shape index (κ1) is 23.1. The summed E-state index contributed by atoms with van der Waals surface area (Å²) in [7, 11) is 1.74. The van der Waals surface area contributed by atoms with Crippen LogP contribution in [0.3, 0.4) is 0 Å². The topological polar surface area (TPSA) is 57.0 Å². The van der Waals surface area contributed by atoms with Crippen LogP contribution in [-0.4, -0.2) is 39.5 Å². The van der Waals surface area contributed by atoms with Crippen molar-refractivity contribution in [3.05, 3.63) is 48.3 Å². The van der Waals surface area contributed by atoms with Gasteiger partial charge in [0.2, 0.25) is 0 Å². The predicted molar refractivity (Wildman–Crippen MR) is 116 cm³/mol. The number of halogens is 2. The van der Waals surface area contributed by atoms with Crippen molar-refractivity contribution in [3.8, 4) is 17.2 Å². The van der Waals surface area contributed by atoms with Crippen molar-refractivity contribution < 1.29 is 18.6 Å². The SMILES string of the molecule is COc1ccccc1N1CCC(C)CC1.Cl.NCC1COc2c(F)cccc2O1. The third-order valence-corrected chi connectivity index (χ3v) is 5.11. The second-order valence-electron chi connectivity index (χ2n) is 7.20. The number of methoxy groups -OCH3 is 1. The molecule has 2 heterocycles. The van der Waals surface area contributed by atoms with Gasteiger partial charge in [0.25, 0.3) is 0 Å². The highest BCUT2D eigenvalue weighted by molar-refractivity contribution is 5.85. The zero-order valence-electron chi connectivity index (χ0n) is 17.0. The Morgan fingerprint density at radius 2 is 1.86 bits per heavy atom. The fourth-order valence-corrected chi connectivity index (χ4v) is 3.37. The van der Waals surface area contributed by atoms with E-state index in [-0.39, 0.29) is 24.3 Å². The largest absolute Gasteiger partial charge is 0.495 e. The average Bonchev–Trinajstić information content (AvgIpc) is 2.74. The van der Waals surface area contributed by atoms with E-state index >= 15 is 0 Å². The van der Waals surface area contributed by atoms with Crippen LogP contribution in [0, 0.1) is 11.7 Å². The number of hydrogen-bond acceptors (Lipinski definition) is 5. The highest BCUT2D eigenvalue weighted by atomic mass is 35.5. The Bertz CT molecular complexity index is 769. The molecule has 0 spiro atoms. The van der Waals surface area contributed by atoms with Crippen LogP contribution in [0.25, 0.3) is 0 Å². The number of piperidine rings is 1. The molecule has 29 heavy (non-hydrogen) atoms. The van der Waals surface area contributed by atoms with Crippen molar-refractivity contribution in [2.45, 2.75) is 25.9 Å². The molecule has 2 aromatic rings. The van der Waals surface area contributed by atoms with Crippen LogP contribution in [0.2, 0.25) is 0 Å². The molecular formula is C22H30ClFN2O3. The first-order valence-corrected chi connectivity index (χ1v) is 9.78. The minimum Gasteiger partial charge on any atom is -0.495 e. The summed E-state index contributed by atoms with van der Waals surface area (Å²) in [5, 5.41) is 0. The van der Waals surface area contributed by atoms with Gasteiger partial charge in [-0.25, -0.2) is 4.39 Å². The highest BCUT2D eigenvalue weighted by Crippen LogP contribution is 2.33. The summed E-state index contributed by atoms with van der Waals surface area (Å²) < 4.78 is 29.0. The Morgan fingerprint density at radius 3 is 2.55 bits per heavy atom. The number of benzene rings is 2. The van der Waals surface area contributed by atoms with E-state index in [0.717, 1.165) is 24.8 Å². The van der Waals surface area contributed by atoms with Crippen LogP contribution in [-0.2, 0) is 0 Å². The second kappa shape index (κ2) is 11.1. The number of hydrogen-bond donors (Lipinski definition) is 1. The second-order valence-corrected chi connectivity index (χ2v) is 7.20. The van der Waals surface area contributed by atoms with Gasteiger partial charge < -0.3 is 24.8 Å². The number of nitrogens with zero attached hydrogens (tertiary/aromatic N) is 1. The lowest BCUT2D eigenvalue weighted by atomic mass is 9.99. The maximum absolute atomic E-state index is 13.1. The molecule has 0 saturated carbocycles. The smallest absolute Gasteiger partial charge is 0.197 e. The third-order valence-electron chi connectivity index (χ3n) is 5.11. The molecule has 1 atom stereocenters. The average molecular weight is 425 g/mol. The van der Waals surface area contributed by atoms with E-state index in [1.807, 2.05) is 12.1 Å². The van der Waals surface area contributed by atoms with Crippen molar-refractivity contribution in [2.75, 3.05) is 38.3 Å². The molecular weight excluding hydrogens is 395 g/mol. The molecule has 2 aliphatic heterocycles. The van der Waals surface area contributed by atoms with Crippen molar-refractivity contribution in [1.29, 1.82) is 0 Å². The minimum atomic E-state index is -0.395. The lowest BCUT2D eigenvalue weighted by Crippen LogP contribution is -2.35. The van der Waals surface area contributed by atoms with Crippen molar-refractivity contribution >= 4 is 18.1 Å². The Balaban J connectivity index is 0.000000202. The molecule has 2 aromatic carbocycles. The van der Waals surface area contributed by atoms with Gasteiger partial charge >= 0.3 is 0 Å². The summed E-state index contributed by atoms with van der Waals surface area (Å²) in [6.45, 7) is 5.32. The lowest BCUT2D eigenvalue weighted by Gasteiger charge is -2.32. The summed E-state index contributed by atoms with van der Waals surface area (Å²) in [6, 6.07) is 12.9. The molecule has 0 radical (unpaired) electrons. The number of anilines is 1. The van der Waals surface area contributed by atoms with Gasteiger partial charge in [0.15, 0.2) is 17.3 Å². The van der Waals surface area contributed by atoms with E-state index in [9.17, 15) is 4.39 Å². The van der Waals surface area contributed by atoms with E-state index in [0.29, 0.717) is 18.9 Å². The molecule has 5 nitrogen and oxygen atoms in total. The van der Waals surface area contributed by atoms with Gasteiger partial charge in [0.1, 0.15) is 18.5 Å². The highest BCUT2D eigenvalue weighted by Gasteiger charge is 2.22. The molecule has 2 aliphatic rings. The summed E-state index contributed by atoms with van der Waals surface area (Å²) >= 11 is 0. The van der Waals surface area contributed by atoms with Crippen molar-refractivity contribution in [1.82, 2.24) is 0 Å². The molecule has 0 amide bonds. The van der Waals surface area contributed by atoms with Gasteiger partial charge in [-0.15, -0.1) is 12.4 Å². The number of fused-ring (bicyclic) bond motifs is 1. The van der Waals surface area contributed by atoms with E-state index in [2.05, 4.69) is 24.0 Å². The van der Waals surface area contributed by atoms with Crippen LogP contribution in [0.1, 0.15) is 19.8 Å². The molecule has 7 heteroatoms. The molecule has 2 N–H and O–H groups in total. The van der Waals surface area contributed by atoms with Crippen LogP contribution >= 0.6 is 12.4 Å². The van der Waals surface area contributed by atoms with Gasteiger partial charge in [-0.05, 0) is 43.0 Å². The van der Waals surface area contributed by atoms with Gasteiger partial charge in [-0.2, -0.15) is 0 Å². The normalized spacial score (nSPS) is 18.2. The molecule has 4 rings (SSSR count). The summed E-state index contributed by atoms with van der Waals surface area (Å²) in [6.07, 6.45) is 2.41. The first-order chi connectivity index (χ1) is 13.6. The zero-order chi connectivity index (χ0) is 19.9. The summed E-state index contributed by atoms with van der Waals surface area (Å²) in [4.78, 5) is 2.43. The zero-order valence-corrected chi connectivity index (χ0v) is 17.8. The molecule has 1 fully saturated rings. The number of para-hydroxylation sites is 3. The van der Waals surface area contributed by atoms with E-state index in [4.69, 9.17) is 19.9 Å². The Labute approximate surface area is 178 Å². The van der Waals surface area contributed by atoms with E-state index in [1.54, 1.807) is 19.2 Å². The van der Waals surface area contributed by atoms with Crippen molar-refractivity contribution in [2.24, 2.45) is 11.7 Å². The van der Waals surface area contributed by atoms with Crippen LogP contribution in [0.15, 0.2) is 42.5 Å². The molecule has 160 valence electrons. The minimum absolute atomic E-state index is 0. The van der Waals surface area contributed by atoms with Gasteiger partial charge in [0, 0.05) is 19.6 Å². The maximum Gasteiger partial charge on any atom is 0.197 e. The number of nitrogens with two attached hydrogens (primary N) is 1. The summed E-state index contributed by atoms with van der Waals surface area (Å²) in [5.41, 5.74) is 6.64. The number of ether oxygens (including phenoxy) is 3. The predicted octanol–water partition coefficient (Wildman–Crippen LogP) is 4.28. The van der Waals surface area contributed by atoms with Crippen LogP contribution in [0.5, 0.6) is 17.2 Å². The lowest BCUT2D eigenvalue weighted by molar-refractivity contribution is 0.0924. The van der Waals surface area contributed by atoms with Crippen LogP contribution in [0.4, 0.5) is 10.1 Å².